The first-order valence-corrected chi connectivity index (χ1v) is 13.6. The second-order valence-corrected chi connectivity index (χ2v) is 11.5. The zero-order valence-corrected chi connectivity index (χ0v) is 23.0. The molecule has 0 bridgehead atoms. The Morgan fingerprint density at radius 2 is 1.76 bits per heavy atom. The van der Waals surface area contributed by atoms with Crippen LogP contribution in [0.3, 0.4) is 0 Å². The molecule has 2 heterocycles. The highest BCUT2D eigenvalue weighted by molar-refractivity contribution is 9.10. The Balaban J connectivity index is 1.53. The van der Waals surface area contributed by atoms with Gasteiger partial charge in [-0.1, -0.05) is 27.5 Å². The molecule has 8 heteroatoms. The van der Waals surface area contributed by atoms with Crippen molar-refractivity contribution in [3.63, 3.8) is 0 Å². The first-order valence-electron chi connectivity index (χ1n) is 11.6. The van der Waals surface area contributed by atoms with Crippen LogP contribution in [0.1, 0.15) is 67.3 Å². The van der Waals surface area contributed by atoms with E-state index in [0.29, 0.717) is 19.0 Å². The van der Waals surface area contributed by atoms with Crippen LogP contribution in [0.15, 0.2) is 33.3 Å². The third-order valence-corrected chi connectivity index (χ3v) is 8.15. The summed E-state index contributed by atoms with van der Waals surface area (Å²) >= 11 is 13.8. The van der Waals surface area contributed by atoms with Crippen molar-refractivity contribution in [1.29, 1.82) is 0 Å². The van der Waals surface area contributed by atoms with E-state index in [2.05, 4.69) is 44.0 Å². The Morgan fingerprint density at radius 1 is 1.06 bits per heavy atom. The topological polar surface area (TPSA) is 67.3 Å². The van der Waals surface area contributed by atoms with Crippen LogP contribution in [-0.4, -0.2) is 40.4 Å². The van der Waals surface area contributed by atoms with E-state index >= 15 is 0 Å². The molecular formula is C26H27Br2ClN2O3. The molecule has 2 aliphatic rings. The lowest BCUT2D eigenvalue weighted by Gasteiger charge is -2.37. The molecule has 1 aromatic heterocycles. The summed E-state index contributed by atoms with van der Waals surface area (Å²) in [5.41, 5.74) is 4.88. The van der Waals surface area contributed by atoms with Gasteiger partial charge in [-0.25, -0.2) is 0 Å². The number of amides is 1. The van der Waals surface area contributed by atoms with Gasteiger partial charge in [0.15, 0.2) is 0 Å². The number of benzene rings is 1. The highest BCUT2D eigenvalue weighted by Crippen LogP contribution is 2.46. The maximum absolute atomic E-state index is 12.7. The van der Waals surface area contributed by atoms with Gasteiger partial charge in [-0.3, -0.25) is 19.4 Å². The molecule has 1 atom stereocenters. The number of likely N-dealkylation sites (tertiary alicyclic amines) is 1. The SMILES string of the molecule is CC(=O)CC(=O)CCC(=O)N1CCC([C@H]2c3ncc(Br)cc3CCc3cc(Cl)cc(Br)c32)CC1. The Bertz CT molecular complexity index is 1130. The molecule has 0 radical (unpaired) electrons. The number of hydrogen-bond acceptors (Lipinski definition) is 4. The van der Waals surface area contributed by atoms with Crippen LogP contribution in [0, 0.1) is 5.92 Å². The number of carbonyl (C=O) groups excluding carboxylic acids is 3. The van der Waals surface area contributed by atoms with E-state index in [1.54, 1.807) is 0 Å². The lowest BCUT2D eigenvalue weighted by atomic mass is 9.76. The number of nitrogens with zero attached hydrogens (tertiary/aromatic N) is 2. The molecule has 180 valence electrons. The Hall–Kier alpha value is -1.57. The third-order valence-electron chi connectivity index (χ3n) is 6.84. The normalized spacial score (nSPS) is 18.1. The van der Waals surface area contributed by atoms with Crippen LogP contribution < -0.4 is 0 Å². The lowest BCUT2D eigenvalue weighted by molar-refractivity contribution is -0.135. The molecule has 1 fully saturated rings. The molecule has 1 aromatic carbocycles. The second kappa shape index (κ2) is 11.0. The van der Waals surface area contributed by atoms with Crippen molar-refractivity contribution in [2.24, 2.45) is 5.92 Å². The fourth-order valence-corrected chi connectivity index (χ4v) is 6.78. The lowest BCUT2D eigenvalue weighted by Crippen LogP contribution is -2.40. The van der Waals surface area contributed by atoms with E-state index in [4.69, 9.17) is 16.6 Å². The summed E-state index contributed by atoms with van der Waals surface area (Å²) in [6.07, 6.45) is 5.63. The van der Waals surface area contributed by atoms with E-state index in [1.165, 1.54) is 23.6 Å². The Morgan fingerprint density at radius 3 is 2.47 bits per heavy atom. The van der Waals surface area contributed by atoms with Crippen molar-refractivity contribution in [3.8, 4) is 0 Å². The van der Waals surface area contributed by atoms with Crippen LogP contribution in [0.5, 0.6) is 0 Å². The number of carbonyl (C=O) groups is 3. The van der Waals surface area contributed by atoms with Gasteiger partial charge in [0.1, 0.15) is 11.6 Å². The van der Waals surface area contributed by atoms with Gasteiger partial charge in [-0.2, -0.15) is 0 Å². The maximum atomic E-state index is 12.7. The van der Waals surface area contributed by atoms with Gasteiger partial charge in [0.05, 0.1) is 12.1 Å². The van der Waals surface area contributed by atoms with Gasteiger partial charge >= 0.3 is 0 Å². The van der Waals surface area contributed by atoms with Crippen molar-refractivity contribution >= 4 is 60.9 Å². The highest BCUT2D eigenvalue weighted by Gasteiger charge is 2.36. The molecule has 0 saturated carbocycles. The number of hydrogen-bond donors (Lipinski definition) is 0. The monoisotopic (exact) mass is 608 g/mol. The fourth-order valence-electron chi connectivity index (χ4n) is 5.28. The second-order valence-electron chi connectivity index (χ2n) is 9.27. The van der Waals surface area contributed by atoms with Gasteiger partial charge in [0, 0.05) is 52.0 Å². The Labute approximate surface area is 221 Å². The summed E-state index contributed by atoms with van der Waals surface area (Å²) in [7, 11) is 0. The standard InChI is InChI=1S/C26H27Br2ClN2O3/c1-15(32)10-21(33)4-5-23(34)31-8-6-16(7-9-31)25-24-17(12-20(29)13-22(24)28)2-3-18-11-19(27)14-30-26(18)25/h11-14,16,25H,2-10H2,1H3/t25-/m1/s1. The van der Waals surface area contributed by atoms with Crippen molar-refractivity contribution < 1.29 is 14.4 Å². The van der Waals surface area contributed by atoms with Crippen molar-refractivity contribution in [3.05, 3.63) is 60.7 Å². The molecule has 1 amide bonds. The smallest absolute Gasteiger partial charge is 0.223 e. The average Bonchev–Trinajstić information content (AvgIpc) is 2.94. The quantitative estimate of drug-likeness (QED) is 0.373. The first-order chi connectivity index (χ1) is 16.2. The van der Waals surface area contributed by atoms with Gasteiger partial charge in [0.2, 0.25) is 5.91 Å². The number of Topliss-reactive ketones (excluding diaryl/α,β-unsaturated/α-hetero) is 2. The predicted octanol–water partition coefficient (Wildman–Crippen LogP) is 6.06. The minimum atomic E-state index is -0.164. The van der Waals surface area contributed by atoms with Crippen LogP contribution in [-0.2, 0) is 27.2 Å². The summed E-state index contributed by atoms with van der Waals surface area (Å²) in [6, 6.07) is 6.22. The van der Waals surface area contributed by atoms with Crippen LogP contribution >= 0.6 is 43.5 Å². The molecule has 34 heavy (non-hydrogen) atoms. The maximum Gasteiger partial charge on any atom is 0.223 e. The van der Waals surface area contributed by atoms with Gasteiger partial charge in [-0.15, -0.1) is 0 Å². The summed E-state index contributed by atoms with van der Waals surface area (Å²) in [5, 5.41) is 0.726. The van der Waals surface area contributed by atoms with E-state index in [9.17, 15) is 14.4 Å². The number of rotatable bonds is 6. The molecular weight excluding hydrogens is 584 g/mol. The van der Waals surface area contributed by atoms with Crippen molar-refractivity contribution in [1.82, 2.24) is 9.88 Å². The number of pyridine rings is 1. The third kappa shape index (κ3) is 5.80. The zero-order valence-electron chi connectivity index (χ0n) is 19.1. The molecule has 1 aliphatic heterocycles. The summed E-state index contributed by atoms with van der Waals surface area (Å²) in [6.45, 7) is 2.72. The fraction of sp³-hybridized carbons (Fsp3) is 0.462. The number of aromatic nitrogens is 1. The van der Waals surface area contributed by atoms with Gasteiger partial charge in [-0.05, 0) is 89.3 Å². The molecule has 5 nitrogen and oxygen atoms in total. The van der Waals surface area contributed by atoms with Crippen LogP contribution in [0.4, 0.5) is 0 Å². The average molecular weight is 611 g/mol. The number of halogens is 3. The number of piperidine rings is 1. The van der Waals surface area contributed by atoms with E-state index in [0.717, 1.165) is 45.3 Å². The largest absolute Gasteiger partial charge is 0.343 e. The summed E-state index contributed by atoms with van der Waals surface area (Å²) in [5.74, 6) is 0.136. The molecule has 4 rings (SSSR count). The van der Waals surface area contributed by atoms with Gasteiger partial charge in [0.25, 0.3) is 0 Å². The molecule has 0 unspecified atom stereocenters. The minimum Gasteiger partial charge on any atom is -0.343 e. The van der Waals surface area contributed by atoms with Crippen molar-refractivity contribution in [2.75, 3.05) is 13.1 Å². The highest BCUT2D eigenvalue weighted by atomic mass is 79.9. The minimum absolute atomic E-state index is 0.00737. The number of ketones is 2. The van der Waals surface area contributed by atoms with Gasteiger partial charge < -0.3 is 4.90 Å². The molecule has 0 N–H and O–H groups in total. The molecule has 2 aromatic rings. The van der Waals surface area contributed by atoms with E-state index in [1.807, 2.05) is 17.2 Å². The molecule has 1 saturated heterocycles. The van der Waals surface area contributed by atoms with Crippen molar-refractivity contribution in [2.45, 2.75) is 57.8 Å². The number of fused-ring (bicyclic) bond motifs is 2. The first kappa shape index (κ1) is 25.5. The molecule has 1 aliphatic carbocycles. The zero-order chi connectivity index (χ0) is 24.4. The number of aryl methyl sites for hydroxylation is 2. The summed E-state index contributed by atoms with van der Waals surface area (Å²) in [4.78, 5) is 42.4. The van der Waals surface area contributed by atoms with E-state index < -0.39 is 0 Å². The van der Waals surface area contributed by atoms with Crippen LogP contribution in [0.2, 0.25) is 5.02 Å². The molecule has 0 spiro atoms. The predicted molar refractivity (Wildman–Crippen MR) is 139 cm³/mol. The van der Waals surface area contributed by atoms with Crippen LogP contribution in [0.25, 0.3) is 0 Å². The summed E-state index contributed by atoms with van der Waals surface area (Å²) < 4.78 is 1.99. The Kier molecular flexibility index (Phi) is 8.26. The van der Waals surface area contributed by atoms with E-state index in [-0.39, 0.29) is 42.7 Å².